The number of hydrogen-bond acceptors (Lipinski definition) is 4. The molecule has 1 saturated heterocycles. The molecule has 26 heavy (non-hydrogen) atoms. The smallest absolute Gasteiger partial charge is 0.258 e. The van der Waals surface area contributed by atoms with Crippen LogP contribution in [0.25, 0.3) is 5.65 Å². The summed E-state index contributed by atoms with van der Waals surface area (Å²) in [6.45, 7) is 4.40. The second-order valence-corrected chi connectivity index (χ2v) is 7.76. The second kappa shape index (κ2) is 7.39. The van der Waals surface area contributed by atoms with E-state index in [0.717, 1.165) is 47.1 Å². The van der Waals surface area contributed by atoms with E-state index in [0.29, 0.717) is 12.2 Å². The molecule has 7 heteroatoms. The van der Waals surface area contributed by atoms with Crippen molar-refractivity contribution in [3.63, 3.8) is 0 Å². The van der Waals surface area contributed by atoms with Crippen LogP contribution in [0.1, 0.15) is 5.69 Å². The molecule has 0 amide bonds. The lowest BCUT2D eigenvalue weighted by atomic mass is 10.2. The molecule has 3 heterocycles. The van der Waals surface area contributed by atoms with Gasteiger partial charge in [0, 0.05) is 60.2 Å². The largest absolute Gasteiger partial charge is 0.369 e. The maximum absolute atomic E-state index is 12.3. The fourth-order valence-corrected chi connectivity index (χ4v) is 3.79. The van der Waals surface area contributed by atoms with Crippen molar-refractivity contribution in [2.24, 2.45) is 0 Å². The zero-order valence-corrected chi connectivity index (χ0v) is 16.4. The summed E-state index contributed by atoms with van der Waals surface area (Å²) in [5.74, 6) is 0. The molecule has 1 aromatic carbocycles. The Kier molecular flexibility index (Phi) is 4.98. The highest BCUT2D eigenvalue weighted by Gasteiger charge is 2.18. The molecule has 1 fully saturated rings. The van der Waals surface area contributed by atoms with Crippen molar-refractivity contribution in [3.05, 3.63) is 74.2 Å². The first-order chi connectivity index (χ1) is 12.6. The Morgan fingerprint density at radius 2 is 1.88 bits per heavy atom. The van der Waals surface area contributed by atoms with Crippen molar-refractivity contribution < 1.29 is 0 Å². The maximum atomic E-state index is 12.3. The van der Waals surface area contributed by atoms with E-state index in [1.54, 1.807) is 16.7 Å². The number of rotatable bonds is 3. The minimum Gasteiger partial charge on any atom is -0.369 e. The van der Waals surface area contributed by atoms with E-state index in [9.17, 15) is 4.79 Å². The van der Waals surface area contributed by atoms with Crippen molar-refractivity contribution in [2.45, 2.75) is 6.54 Å². The molecular weight excluding hydrogens is 416 g/mol. The molecule has 0 saturated carbocycles. The van der Waals surface area contributed by atoms with Crippen molar-refractivity contribution in [3.8, 4) is 0 Å². The topological polar surface area (TPSA) is 40.9 Å². The number of benzene rings is 1. The lowest BCUT2D eigenvalue weighted by Gasteiger charge is -2.36. The number of halogens is 2. The lowest BCUT2D eigenvalue weighted by Crippen LogP contribution is -2.46. The van der Waals surface area contributed by atoms with Crippen LogP contribution in [-0.2, 0) is 6.54 Å². The van der Waals surface area contributed by atoms with E-state index in [4.69, 9.17) is 11.6 Å². The Morgan fingerprint density at radius 3 is 2.65 bits per heavy atom. The van der Waals surface area contributed by atoms with Gasteiger partial charge in [0.2, 0.25) is 0 Å². The van der Waals surface area contributed by atoms with E-state index < -0.39 is 0 Å². The first-order valence-electron chi connectivity index (χ1n) is 8.49. The average molecular weight is 434 g/mol. The van der Waals surface area contributed by atoms with Crippen LogP contribution in [0.4, 0.5) is 5.69 Å². The minimum absolute atomic E-state index is 0.0520. The molecule has 0 unspecified atom stereocenters. The molecular formula is C19H18BrClN4O. The van der Waals surface area contributed by atoms with Gasteiger partial charge in [0.25, 0.3) is 5.56 Å². The summed E-state index contributed by atoms with van der Waals surface area (Å²) in [5, 5.41) is 0.761. The summed E-state index contributed by atoms with van der Waals surface area (Å²) in [6.07, 6.45) is 1.75. The number of aromatic nitrogens is 2. The Morgan fingerprint density at radius 1 is 1.08 bits per heavy atom. The monoisotopic (exact) mass is 432 g/mol. The van der Waals surface area contributed by atoms with E-state index in [1.807, 2.05) is 30.3 Å². The van der Waals surface area contributed by atoms with Crippen molar-refractivity contribution in [1.82, 2.24) is 14.3 Å². The third-order valence-electron chi connectivity index (χ3n) is 4.61. The number of nitrogens with zero attached hydrogens (tertiary/aromatic N) is 4. The highest BCUT2D eigenvalue weighted by Crippen LogP contribution is 2.21. The standard InChI is InChI=1S/C19H18BrClN4O/c20-14-4-5-18-22-16(11-19(26)25(18)12-14)13-23-6-8-24(9-7-23)17-3-1-2-15(21)10-17/h1-5,10-12H,6-9,13H2. The number of pyridine rings is 1. The van der Waals surface area contributed by atoms with Gasteiger partial charge in [0.15, 0.2) is 0 Å². The highest BCUT2D eigenvalue weighted by molar-refractivity contribution is 9.10. The molecule has 3 aromatic rings. The summed E-state index contributed by atoms with van der Waals surface area (Å²) >= 11 is 9.48. The number of hydrogen-bond donors (Lipinski definition) is 0. The van der Waals surface area contributed by atoms with Gasteiger partial charge in [-0.1, -0.05) is 17.7 Å². The third kappa shape index (κ3) is 3.77. The second-order valence-electron chi connectivity index (χ2n) is 6.40. The van der Waals surface area contributed by atoms with Gasteiger partial charge in [0.1, 0.15) is 5.65 Å². The molecule has 0 radical (unpaired) electrons. The van der Waals surface area contributed by atoms with Crippen LogP contribution >= 0.6 is 27.5 Å². The lowest BCUT2D eigenvalue weighted by molar-refractivity contribution is 0.247. The van der Waals surface area contributed by atoms with Crippen molar-refractivity contribution >= 4 is 38.9 Å². The summed E-state index contributed by atoms with van der Waals surface area (Å²) in [5.41, 5.74) is 2.59. The Balaban J connectivity index is 1.45. The van der Waals surface area contributed by atoms with E-state index in [2.05, 4.69) is 36.8 Å². The molecule has 0 atom stereocenters. The Labute approximate surface area is 165 Å². The van der Waals surface area contributed by atoms with Crippen LogP contribution in [0, 0.1) is 0 Å². The molecule has 134 valence electrons. The molecule has 0 spiro atoms. The van der Waals surface area contributed by atoms with Gasteiger partial charge in [-0.25, -0.2) is 4.98 Å². The molecule has 2 aromatic heterocycles. The number of piperazine rings is 1. The van der Waals surface area contributed by atoms with E-state index in [-0.39, 0.29) is 5.56 Å². The van der Waals surface area contributed by atoms with Gasteiger partial charge in [-0.3, -0.25) is 14.1 Å². The van der Waals surface area contributed by atoms with Crippen LogP contribution in [-0.4, -0.2) is 40.5 Å². The third-order valence-corrected chi connectivity index (χ3v) is 5.31. The number of fused-ring (bicyclic) bond motifs is 1. The molecule has 0 N–H and O–H groups in total. The molecule has 1 aliphatic rings. The predicted molar refractivity (Wildman–Crippen MR) is 108 cm³/mol. The summed E-state index contributed by atoms with van der Waals surface area (Å²) in [6, 6.07) is 13.3. The van der Waals surface area contributed by atoms with E-state index in [1.165, 1.54) is 0 Å². The van der Waals surface area contributed by atoms with Crippen LogP contribution in [0.5, 0.6) is 0 Å². The van der Waals surface area contributed by atoms with Crippen LogP contribution in [0.15, 0.2) is 57.9 Å². The van der Waals surface area contributed by atoms with Crippen molar-refractivity contribution in [1.29, 1.82) is 0 Å². The van der Waals surface area contributed by atoms with Gasteiger partial charge in [0.05, 0.1) is 5.69 Å². The average Bonchev–Trinajstić information content (AvgIpc) is 2.63. The number of anilines is 1. The fourth-order valence-electron chi connectivity index (χ4n) is 3.27. The molecule has 0 bridgehead atoms. The van der Waals surface area contributed by atoms with E-state index >= 15 is 0 Å². The summed E-state index contributed by atoms with van der Waals surface area (Å²) in [4.78, 5) is 21.6. The van der Waals surface area contributed by atoms with Gasteiger partial charge in [-0.05, 0) is 46.3 Å². The molecule has 1 aliphatic heterocycles. The maximum Gasteiger partial charge on any atom is 0.258 e. The normalized spacial score (nSPS) is 15.5. The van der Waals surface area contributed by atoms with Crippen LogP contribution in [0.2, 0.25) is 5.02 Å². The quantitative estimate of drug-likeness (QED) is 0.634. The first-order valence-corrected chi connectivity index (χ1v) is 9.66. The van der Waals surface area contributed by atoms with Crippen molar-refractivity contribution in [2.75, 3.05) is 31.1 Å². The fraction of sp³-hybridized carbons (Fsp3) is 0.263. The van der Waals surface area contributed by atoms with Gasteiger partial charge in [-0.15, -0.1) is 0 Å². The zero-order chi connectivity index (χ0) is 18.1. The molecule has 5 nitrogen and oxygen atoms in total. The molecule has 0 aliphatic carbocycles. The van der Waals surface area contributed by atoms with Gasteiger partial charge < -0.3 is 4.90 Å². The highest BCUT2D eigenvalue weighted by atomic mass is 79.9. The Hall–Kier alpha value is -1.89. The van der Waals surface area contributed by atoms with Gasteiger partial charge >= 0.3 is 0 Å². The zero-order valence-electron chi connectivity index (χ0n) is 14.1. The molecule has 4 rings (SSSR count). The SMILES string of the molecule is O=c1cc(CN2CCN(c3cccc(Cl)c3)CC2)nc2ccc(Br)cn12. The predicted octanol–water partition coefficient (Wildman–Crippen LogP) is 3.43. The minimum atomic E-state index is -0.0520. The van der Waals surface area contributed by atoms with Crippen LogP contribution < -0.4 is 10.5 Å². The first kappa shape index (κ1) is 17.5. The van der Waals surface area contributed by atoms with Gasteiger partial charge in [-0.2, -0.15) is 0 Å². The summed E-state index contributed by atoms with van der Waals surface area (Å²) in [7, 11) is 0. The summed E-state index contributed by atoms with van der Waals surface area (Å²) < 4.78 is 2.42. The Bertz CT molecular complexity index is 998. The van der Waals surface area contributed by atoms with Crippen LogP contribution in [0.3, 0.4) is 0 Å².